The van der Waals surface area contributed by atoms with E-state index in [1.807, 2.05) is 0 Å². The number of thiazole rings is 1. The molecule has 2 aromatic heterocycles. The SMILES string of the molecule is O=C(Cc1ccc(F)cc1F)Nc1nc(C2CNc3ncc(F)cc32)cs1. The third-order valence-corrected chi connectivity index (χ3v) is 5.00. The van der Waals surface area contributed by atoms with Crippen LogP contribution in [0.2, 0.25) is 0 Å². The molecule has 0 bridgehead atoms. The second kappa shape index (κ2) is 6.99. The molecule has 138 valence electrons. The van der Waals surface area contributed by atoms with E-state index in [0.717, 1.165) is 18.3 Å². The molecule has 0 saturated heterocycles. The number of halogens is 3. The van der Waals surface area contributed by atoms with Crippen LogP contribution in [-0.2, 0) is 11.2 Å². The highest BCUT2D eigenvalue weighted by atomic mass is 32.1. The summed E-state index contributed by atoms with van der Waals surface area (Å²) in [4.78, 5) is 20.5. The number of nitrogens with zero attached hydrogens (tertiary/aromatic N) is 2. The molecule has 0 spiro atoms. The van der Waals surface area contributed by atoms with E-state index in [-0.39, 0.29) is 17.9 Å². The summed E-state index contributed by atoms with van der Waals surface area (Å²) in [5, 5.41) is 7.84. The Balaban J connectivity index is 1.46. The summed E-state index contributed by atoms with van der Waals surface area (Å²) in [6.07, 6.45) is 0.916. The van der Waals surface area contributed by atoms with Gasteiger partial charge in [0, 0.05) is 29.5 Å². The lowest BCUT2D eigenvalue weighted by Gasteiger charge is -2.06. The van der Waals surface area contributed by atoms with Crippen molar-refractivity contribution in [3.8, 4) is 0 Å². The van der Waals surface area contributed by atoms with Gasteiger partial charge in [0.2, 0.25) is 5.91 Å². The molecule has 1 atom stereocenters. The molecule has 1 aliphatic heterocycles. The zero-order valence-corrected chi connectivity index (χ0v) is 14.6. The van der Waals surface area contributed by atoms with Crippen molar-refractivity contribution in [1.82, 2.24) is 9.97 Å². The van der Waals surface area contributed by atoms with Gasteiger partial charge in [-0.2, -0.15) is 0 Å². The van der Waals surface area contributed by atoms with Crippen LogP contribution in [0.4, 0.5) is 24.1 Å². The maximum Gasteiger partial charge on any atom is 0.230 e. The van der Waals surface area contributed by atoms with Crippen LogP contribution in [0, 0.1) is 17.5 Å². The molecule has 3 aromatic rings. The molecule has 3 heterocycles. The maximum atomic E-state index is 13.7. The summed E-state index contributed by atoms with van der Waals surface area (Å²) in [6.45, 7) is 0.531. The summed E-state index contributed by atoms with van der Waals surface area (Å²) >= 11 is 1.22. The number of fused-ring (bicyclic) bond motifs is 1. The Kier molecular flexibility index (Phi) is 4.53. The molecule has 0 radical (unpaired) electrons. The van der Waals surface area contributed by atoms with Crippen molar-refractivity contribution >= 4 is 28.2 Å². The number of benzene rings is 1. The number of carbonyl (C=O) groups excluding carboxylic acids is 1. The van der Waals surface area contributed by atoms with Crippen molar-refractivity contribution < 1.29 is 18.0 Å². The molecule has 1 aromatic carbocycles. The maximum absolute atomic E-state index is 13.7. The molecule has 0 saturated carbocycles. The first kappa shape index (κ1) is 17.5. The van der Waals surface area contributed by atoms with Gasteiger partial charge in [0.15, 0.2) is 5.13 Å². The van der Waals surface area contributed by atoms with Gasteiger partial charge >= 0.3 is 0 Å². The van der Waals surface area contributed by atoms with Gasteiger partial charge in [0.05, 0.1) is 18.3 Å². The van der Waals surface area contributed by atoms with Gasteiger partial charge in [-0.15, -0.1) is 11.3 Å². The molecule has 1 aliphatic rings. The number of amides is 1. The van der Waals surface area contributed by atoms with E-state index in [9.17, 15) is 18.0 Å². The monoisotopic (exact) mass is 390 g/mol. The van der Waals surface area contributed by atoms with Crippen molar-refractivity contribution in [2.75, 3.05) is 17.2 Å². The fourth-order valence-electron chi connectivity index (χ4n) is 2.95. The predicted octanol–water partition coefficient (Wildman–Crippen LogP) is 3.69. The molecular weight excluding hydrogens is 377 g/mol. The highest BCUT2D eigenvalue weighted by Gasteiger charge is 2.27. The van der Waals surface area contributed by atoms with E-state index in [2.05, 4.69) is 20.6 Å². The third-order valence-electron chi connectivity index (χ3n) is 4.22. The summed E-state index contributed by atoms with van der Waals surface area (Å²) < 4.78 is 40.1. The second-order valence-corrected chi connectivity index (χ2v) is 6.92. The Morgan fingerprint density at radius 1 is 1.26 bits per heavy atom. The fourth-order valence-corrected chi connectivity index (χ4v) is 3.73. The molecule has 2 N–H and O–H groups in total. The molecule has 0 aliphatic carbocycles. The second-order valence-electron chi connectivity index (χ2n) is 6.06. The topological polar surface area (TPSA) is 66.9 Å². The summed E-state index contributed by atoms with van der Waals surface area (Å²) in [7, 11) is 0. The number of hydrogen-bond donors (Lipinski definition) is 2. The van der Waals surface area contributed by atoms with Crippen molar-refractivity contribution in [1.29, 1.82) is 0 Å². The molecule has 1 amide bonds. The number of carbonyl (C=O) groups is 1. The van der Waals surface area contributed by atoms with E-state index in [1.54, 1.807) is 5.38 Å². The first-order chi connectivity index (χ1) is 13.0. The van der Waals surface area contributed by atoms with Crippen molar-refractivity contribution in [2.45, 2.75) is 12.3 Å². The minimum atomic E-state index is -0.770. The number of rotatable bonds is 4. The first-order valence-electron chi connectivity index (χ1n) is 8.08. The van der Waals surface area contributed by atoms with E-state index in [4.69, 9.17) is 0 Å². The van der Waals surface area contributed by atoms with E-state index >= 15 is 0 Å². The molecule has 0 fully saturated rings. The third kappa shape index (κ3) is 3.63. The van der Waals surface area contributed by atoms with Crippen LogP contribution in [-0.4, -0.2) is 22.4 Å². The van der Waals surface area contributed by atoms with Crippen LogP contribution < -0.4 is 10.6 Å². The first-order valence-corrected chi connectivity index (χ1v) is 8.96. The zero-order valence-electron chi connectivity index (χ0n) is 13.8. The molecule has 1 unspecified atom stereocenters. The highest BCUT2D eigenvalue weighted by Crippen LogP contribution is 2.36. The van der Waals surface area contributed by atoms with Crippen LogP contribution in [0.1, 0.15) is 22.7 Å². The van der Waals surface area contributed by atoms with E-state index < -0.39 is 23.4 Å². The van der Waals surface area contributed by atoms with Crippen molar-refractivity contribution in [2.24, 2.45) is 0 Å². The van der Waals surface area contributed by atoms with Gasteiger partial charge in [-0.3, -0.25) is 4.79 Å². The zero-order chi connectivity index (χ0) is 19.0. The Labute approximate surface area is 156 Å². The van der Waals surface area contributed by atoms with Crippen LogP contribution in [0.5, 0.6) is 0 Å². The van der Waals surface area contributed by atoms with Gasteiger partial charge in [0.25, 0.3) is 0 Å². The fraction of sp³-hybridized carbons (Fsp3) is 0.167. The van der Waals surface area contributed by atoms with Gasteiger partial charge in [-0.05, 0) is 17.7 Å². The Hall–Kier alpha value is -2.94. The quantitative estimate of drug-likeness (QED) is 0.713. The molecule has 4 rings (SSSR count). The average molecular weight is 390 g/mol. The van der Waals surface area contributed by atoms with Crippen LogP contribution in [0.15, 0.2) is 35.8 Å². The van der Waals surface area contributed by atoms with Crippen LogP contribution in [0.25, 0.3) is 0 Å². The smallest absolute Gasteiger partial charge is 0.230 e. The van der Waals surface area contributed by atoms with Gasteiger partial charge in [0.1, 0.15) is 23.3 Å². The summed E-state index contributed by atoms with van der Waals surface area (Å²) in [5.74, 6) is -1.90. The summed E-state index contributed by atoms with van der Waals surface area (Å²) in [5.41, 5.74) is 1.50. The predicted molar refractivity (Wildman–Crippen MR) is 95.3 cm³/mol. The summed E-state index contributed by atoms with van der Waals surface area (Å²) in [6, 6.07) is 4.49. The van der Waals surface area contributed by atoms with Crippen LogP contribution >= 0.6 is 11.3 Å². The standard InChI is InChI=1S/C18H13F3N4OS/c19-10-2-1-9(14(21)5-10)3-16(26)25-18-24-15(8-27-18)13-7-23-17-12(13)4-11(20)6-22-17/h1-2,4-6,8,13H,3,7H2,(H,22,23)(H,24,25,26). The van der Waals surface area contributed by atoms with E-state index in [0.29, 0.717) is 28.8 Å². The van der Waals surface area contributed by atoms with Crippen molar-refractivity contribution in [3.63, 3.8) is 0 Å². The van der Waals surface area contributed by atoms with E-state index in [1.165, 1.54) is 23.5 Å². The molecule has 27 heavy (non-hydrogen) atoms. The number of aromatic nitrogens is 2. The van der Waals surface area contributed by atoms with Gasteiger partial charge in [-0.1, -0.05) is 6.07 Å². The largest absolute Gasteiger partial charge is 0.369 e. The molecule has 9 heteroatoms. The lowest BCUT2D eigenvalue weighted by atomic mass is 10.0. The lowest BCUT2D eigenvalue weighted by Crippen LogP contribution is -2.15. The number of pyridine rings is 1. The average Bonchev–Trinajstić information content (AvgIpc) is 3.23. The minimum absolute atomic E-state index is 0.0983. The van der Waals surface area contributed by atoms with Crippen molar-refractivity contribution in [3.05, 3.63) is 70.1 Å². The Morgan fingerprint density at radius 2 is 2.11 bits per heavy atom. The normalized spacial score (nSPS) is 15.3. The lowest BCUT2D eigenvalue weighted by molar-refractivity contribution is -0.115. The Bertz CT molecular complexity index is 1020. The highest BCUT2D eigenvalue weighted by molar-refractivity contribution is 7.13. The number of nitrogens with one attached hydrogen (secondary N) is 2. The molecule has 5 nitrogen and oxygen atoms in total. The van der Waals surface area contributed by atoms with Gasteiger partial charge < -0.3 is 10.6 Å². The molecular formula is C18H13F3N4OS. The number of hydrogen-bond acceptors (Lipinski definition) is 5. The minimum Gasteiger partial charge on any atom is -0.369 e. The number of anilines is 2. The van der Waals surface area contributed by atoms with Crippen LogP contribution in [0.3, 0.4) is 0 Å². The van der Waals surface area contributed by atoms with Gasteiger partial charge in [-0.25, -0.2) is 23.1 Å². The Morgan fingerprint density at radius 3 is 2.93 bits per heavy atom.